The van der Waals surface area contributed by atoms with Gasteiger partial charge in [0.05, 0.1) is 4.88 Å². The van der Waals surface area contributed by atoms with Gasteiger partial charge in [0, 0.05) is 31.7 Å². The van der Waals surface area contributed by atoms with Gasteiger partial charge in [-0.1, -0.05) is 12.1 Å². The van der Waals surface area contributed by atoms with Crippen LogP contribution in [-0.2, 0) is 4.79 Å². The molecular formula is C23H28FN3O3S. The molecule has 1 aromatic heterocycles. The summed E-state index contributed by atoms with van der Waals surface area (Å²) in [7, 11) is 0. The number of likely N-dealkylation sites (N-methyl/N-ethyl adjacent to an activating group) is 1. The Morgan fingerprint density at radius 3 is 2.45 bits per heavy atom. The Morgan fingerprint density at radius 2 is 1.87 bits per heavy atom. The minimum absolute atomic E-state index is 0.0754. The van der Waals surface area contributed by atoms with Gasteiger partial charge in [-0.25, -0.2) is 4.39 Å². The first-order valence-corrected chi connectivity index (χ1v) is 11.5. The summed E-state index contributed by atoms with van der Waals surface area (Å²) in [5.74, 6) is -1.08. The SMILES string of the molecule is CCN(CC)C(=O)C(NC(=O)c1cccs1)C1CCN(C(=O)c2cccc(F)c2)CC1. The monoisotopic (exact) mass is 445 g/mol. The summed E-state index contributed by atoms with van der Waals surface area (Å²) in [6.07, 6.45) is 1.17. The molecule has 1 atom stereocenters. The molecule has 1 aromatic carbocycles. The lowest BCUT2D eigenvalue weighted by Gasteiger charge is -2.37. The summed E-state index contributed by atoms with van der Waals surface area (Å²) in [5.41, 5.74) is 0.320. The molecule has 3 amide bonds. The van der Waals surface area contributed by atoms with Gasteiger partial charge in [0.15, 0.2) is 0 Å². The summed E-state index contributed by atoms with van der Waals surface area (Å²) in [4.78, 5) is 42.5. The summed E-state index contributed by atoms with van der Waals surface area (Å²) >= 11 is 1.33. The Kier molecular flexibility index (Phi) is 7.79. The van der Waals surface area contributed by atoms with Gasteiger partial charge in [-0.3, -0.25) is 14.4 Å². The third-order valence-electron chi connectivity index (χ3n) is 5.74. The summed E-state index contributed by atoms with van der Waals surface area (Å²) < 4.78 is 13.5. The van der Waals surface area contributed by atoms with Crippen molar-refractivity contribution in [2.24, 2.45) is 5.92 Å². The van der Waals surface area contributed by atoms with Crippen molar-refractivity contribution < 1.29 is 18.8 Å². The first-order chi connectivity index (χ1) is 14.9. The maximum absolute atomic E-state index is 13.5. The molecular weight excluding hydrogens is 417 g/mol. The van der Waals surface area contributed by atoms with Crippen LogP contribution in [0.3, 0.4) is 0 Å². The van der Waals surface area contributed by atoms with Crippen LogP contribution in [0.2, 0.25) is 0 Å². The Hall–Kier alpha value is -2.74. The number of amides is 3. The molecule has 166 valence electrons. The van der Waals surface area contributed by atoms with E-state index in [1.165, 1.54) is 29.5 Å². The molecule has 31 heavy (non-hydrogen) atoms. The Balaban J connectivity index is 1.70. The standard InChI is InChI=1S/C23H28FN3O3S/c1-3-26(4-2)23(30)20(25-21(28)19-9-6-14-31-19)16-10-12-27(13-11-16)22(29)17-7-5-8-18(24)15-17/h5-9,14-16,20H,3-4,10-13H2,1-2H3,(H,25,28). The van der Waals surface area contributed by atoms with Crippen molar-refractivity contribution >= 4 is 29.1 Å². The van der Waals surface area contributed by atoms with Gasteiger partial charge in [0.25, 0.3) is 11.8 Å². The summed E-state index contributed by atoms with van der Waals surface area (Å²) in [6.45, 7) is 5.88. The average Bonchev–Trinajstić information content (AvgIpc) is 3.33. The van der Waals surface area contributed by atoms with Crippen LogP contribution in [0, 0.1) is 11.7 Å². The molecule has 6 nitrogen and oxygen atoms in total. The Labute approximate surface area is 186 Å². The number of nitrogens with zero attached hydrogens (tertiary/aromatic N) is 2. The molecule has 1 saturated heterocycles. The third-order valence-corrected chi connectivity index (χ3v) is 6.61. The van der Waals surface area contributed by atoms with Crippen LogP contribution in [0.1, 0.15) is 46.7 Å². The topological polar surface area (TPSA) is 69.7 Å². The lowest BCUT2D eigenvalue weighted by molar-refractivity contribution is -0.134. The number of halogens is 1. The molecule has 0 bridgehead atoms. The molecule has 2 heterocycles. The van der Waals surface area contributed by atoms with E-state index in [1.54, 1.807) is 28.0 Å². The number of piperidine rings is 1. The average molecular weight is 446 g/mol. The van der Waals surface area contributed by atoms with Crippen molar-refractivity contribution in [3.8, 4) is 0 Å². The number of likely N-dealkylation sites (tertiary alicyclic amines) is 1. The lowest BCUT2D eigenvalue weighted by Crippen LogP contribution is -2.54. The first-order valence-electron chi connectivity index (χ1n) is 10.6. The van der Waals surface area contributed by atoms with Gasteiger partial charge in [-0.05, 0) is 62.3 Å². The number of hydrogen-bond donors (Lipinski definition) is 1. The van der Waals surface area contributed by atoms with Crippen molar-refractivity contribution in [2.75, 3.05) is 26.2 Å². The van der Waals surface area contributed by atoms with Crippen molar-refractivity contribution in [1.29, 1.82) is 0 Å². The van der Waals surface area contributed by atoms with Crippen LogP contribution in [0.25, 0.3) is 0 Å². The first kappa shape index (κ1) is 22.9. The molecule has 0 spiro atoms. The number of benzene rings is 1. The minimum Gasteiger partial charge on any atom is -0.341 e. The molecule has 0 radical (unpaired) electrons. The van der Waals surface area contributed by atoms with E-state index < -0.39 is 11.9 Å². The van der Waals surface area contributed by atoms with E-state index in [0.717, 1.165) is 0 Å². The van der Waals surface area contributed by atoms with E-state index in [2.05, 4.69) is 5.32 Å². The second-order valence-corrected chi connectivity index (χ2v) is 8.53. The number of hydrogen-bond acceptors (Lipinski definition) is 4. The highest BCUT2D eigenvalue weighted by molar-refractivity contribution is 7.12. The van der Waals surface area contributed by atoms with Crippen molar-refractivity contribution in [3.63, 3.8) is 0 Å². The zero-order valence-corrected chi connectivity index (χ0v) is 18.7. The Bertz CT molecular complexity index is 907. The highest BCUT2D eigenvalue weighted by atomic mass is 32.1. The van der Waals surface area contributed by atoms with Crippen LogP contribution in [-0.4, -0.2) is 59.7 Å². The van der Waals surface area contributed by atoms with Gasteiger partial charge in [0.2, 0.25) is 5.91 Å². The predicted octanol–water partition coefficient (Wildman–Crippen LogP) is 3.41. The number of carbonyl (C=O) groups is 3. The molecule has 0 aliphatic carbocycles. The fourth-order valence-corrected chi connectivity index (χ4v) is 4.60. The minimum atomic E-state index is -0.638. The molecule has 1 aliphatic heterocycles. The van der Waals surface area contributed by atoms with E-state index in [9.17, 15) is 18.8 Å². The van der Waals surface area contributed by atoms with E-state index in [4.69, 9.17) is 0 Å². The van der Waals surface area contributed by atoms with E-state index >= 15 is 0 Å². The number of thiophene rings is 1. The maximum Gasteiger partial charge on any atom is 0.262 e. The van der Waals surface area contributed by atoms with Gasteiger partial charge in [0.1, 0.15) is 11.9 Å². The summed E-state index contributed by atoms with van der Waals surface area (Å²) in [5, 5.41) is 4.77. The lowest BCUT2D eigenvalue weighted by atomic mass is 9.88. The van der Waals surface area contributed by atoms with Crippen molar-refractivity contribution in [2.45, 2.75) is 32.7 Å². The van der Waals surface area contributed by atoms with E-state index in [1.807, 2.05) is 19.2 Å². The zero-order valence-electron chi connectivity index (χ0n) is 17.8. The van der Waals surface area contributed by atoms with Crippen LogP contribution in [0.5, 0.6) is 0 Å². The second-order valence-electron chi connectivity index (χ2n) is 7.58. The molecule has 8 heteroatoms. The molecule has 3 rings (SSSR count). The Morgan fingerprint density at radius 1 is 1.16 bits per heavy atom. The predicted molar refractivity (Wildman–Crippen MR) is 119 cm³/mol. The number of rotatable bonds is 7. The smallest absolute Gasteiger partial charge is 0.262 e. The third kappa shape index (κ3) is 5.50. The van der Waals surface area contributed by atoms with Gasteiger partial charge >= 0.3 is 0 Å². The number of carbonyl (C=O) groups excluding carboxylic acids is 3. The fraction of sp³-hybridized carbons (Fsp3) is 0.435. The normalized spacial score (nSPS) is 15.4. The van der Waals surface area contributed by atoms with Gasteiger partial charge in [-0.15, -0.1) is 11.3 Å². The van der Waals surface area contributed by atoms with Gasteiger partial charge in [-0.2, -0.15) is 0 Å². The second kappa shape index (κ2) is 10.5. The van der Waals surface area contributed by atoms with E-state index in [0.29, 0.717) is 49.5 Å². The van der Waals surface area contributed by atoms with Crippen molar-refractivity contribution in [1.82, 2.24) is 15.1 Å². The molecule has 2 aromatic rings. The molecule has 1 unspecified atom stereocenters. The van der Waals surface area contributed by atoms with Crippen LogP contribution < -0.4 is 5.32 Å². The highest BCUT2D eigenvalue weighted by Gasteiger charge is 2.36. The molecule has 0 saturated carbocycles. The number of nitrogens with one attached hydrogen (secondary N) is 1. The zero-order chi connectivity index (χ0) is 22.4. The maximum atomic E-state index is 13.5. The molecule has 1 N–H and O–H groups in total. The molecule has 1 fully saturated rings. The van der Waals surface area contributed by atoms with Crippen LogP contribution >= 0.6 is 11.3 Å². The van der Waals surface area contributed by atoms with Crippen LogP contribution in [0.4, 0.5) is 4.39 Å². The largest absolute Gasteiger partial charge is 0.341 e. The van der Waals surface area contributed by atoms with Crippen LogP contribution in [0.15, 0.2) is 41.8 Å². The van der Waals surface area contributed by atoms with E-state index in [-0.39, 0.29) is 23.6 Å². The summed E-state index contributed by atoms with van der Waals surface area (Å²) in [6, 6.07) is 8.57. The quantitative estimate of drug-likeness (QED) is 0.710. The van der Waals surface area contributed by atoms with Crippen molar-refractivity contribution in [3.05, 3.63) is 58.0 Å². The highest BCUT2D eigenvalue weighted by Crippen LogP contribution is 2.24. The van der Waals surface area contributed by atoms with Gasteiger partial charge < -0.3 is 15.1 Å². The fourth-order valence-electron chi connectivity index (χ4n) is 3.97. The molecule has 1 aliphatic rings.